The molecule has 0 bridgehead atoms. The van der Waals surface area contributed by atoms with Crippen LogP contribution >= 0.6 is 0 Å². The Balaban J connectivity index is 1.98. The van der Waals surface area contributed by atoms with E-state index in [0.717, 1.165) is 12.2 Å². The van der Waals surface area contributed by atoms with Gasteiger partial charge in [-0.15, -0.1) is 0 Å². The van der Waals surface area contributed by atoms with Crippen LogP contribution in [-0.2, 0) is 16.0 Å². The number of likely N-dealkylation sites (N-methyl/N-ethyl adjacent to an activating group) is 1. The lowest BCUT2D eigenvalue weighted by molar-refractivity contribution is -0.143. The monoisotopic (exact) mass is 293 g/mol. The minimum Gasteiger partial charge on any atom is -0.497 e. The summed E-state index contributed by atoms with van der Waals surface area (Å²) >= 11 is 0. The summed E-state index contributed by atoms with van der Waals surface area (Å²) in [6.45, 7) is 2.90. The van der Waals surface area contributed by atoms with Crippen molar-refractivity contribution in [3.05, 3.63) is 29.8 Å². The average molecular weight is 293 g/mol. The number of methoxy groups -OCH3 is 1. The number of hydrogen-bond donors (Lipinski definition) is 1. The zero-order valence-corrected chi connectivity index (χ0v) is 12.8. The van der Waals surface area contributed by atoms with Crippen LogP contribution in [0.25, 0.3) is 0 Å². The summed E-state index contributed by atoms with van der Waals surface area (Å²) in [6, 6.07) is 8.16. The largest absolute Gasteiger partial charge is 0.497 e. The third-order valence-corrected chi connectivity index (χ3v) is 4.28. The Bertz CT molecular complexity index is 474. The second-order valence-corrected chi connectivity index (χ2v) is 5.62. The number of ether oxygens (including phenoxy) is 2. The Morgan fingerprint density at radius 2 is 2.10 bits per heavy atom. The highest BCUT2D eigenvalue weighted by Crippen LogP contribution is 2.22. The Labute approximate surface area is 125 Å². The summed E-state index contributed by atoms with van der Waals surface area (Å²) < 4.78 is 10.5. The van der Waals surface area contributed by atoms with Crippen LogP contribution < -0.4 is 4.74 Å². The summed E-state index contributed by atoms with van der Waals surface area (Å²) in [5.41, 5.74) is 1.21. The molecule has 0 aromatic heterocycles. The molecule has 21 heavy (non-hydrogen) atoms. The summed E-state index contributed by atoms with van der Waals surface area (Å²) in [7, 11) is 3.63. The van der Waals surface area contributed by atoms with Crippen molar-refractivity contribution in [3.63, 3.8) is 0 Å². The Hall–Kier alpha value is -1.59. The fourth-order valence-electron chi connectivity index (χ4n) is 2.75. The molecular weight excluding hydrogens is 270 g/mol. The number of carbonyl (C=O) groups is 1. The van der Waals surface area contributed by atoms with Crippen LogP contribution in [0.2, 0.25) is 0 Å². The molecule has 0 aliphatic carbocycles. The van der Waals surface area contributed by atoms with Crippen molar-refractivity contribution >= 4 is 5.97 Å². The standard InChI is InChI=1S/C16H23NO4/c1-11(8-12-4-6-13(20-3)7-5-12)17(2)15-10-21-9-14(15)16(18)19/h4-7,11,14-15H,8-10H2,1-3H3,(H,18,19). The van der Waals surface area contributed by atoms with Crippen LogP contribution in [0.5, 0.6) is 5.75 Å². The second kappa shape index (κ2) is 6.91. The summed E-state index contributed by atoms with van der Waals surface area (Å²) in [5, 5.41) is 9.24. The van der Waals surface area contributed by atoms with Gasteiger partial charge in [-0.3, -0.25) is 9.69 Å². The van der Waals surface area contributed by atoms with Gasteiger partial charge in [-0.05, 0) is 38.1 Å². The fourth-order valence-corrected chi connectivity index (χ4v) is 2.75. The SMILES string of the molecule is COc1ccc(CC(C)N(C)C2COCC2C(=O)O)cc1. The van der Waals surface area contributed by atoms with Crippen LogP contribution in [0.4, 0.5) is 0 Å². The Morgan fingerprint density at radius 1 is 1.43 bits per heavy atom. The van der Waals surface area contributed by atoms with Crippen molar-refractivity contribution in [2.24, 2.45) is 5.92 Å². The molecule has 1 aliphatic heterocycles. The zero-order chi connectivity index (χ0) is 15.4. The molecule has 2 rings (SSSR count). The van der Waals surface area contributed by atoms with E-state index >= 15 is 0 Å². The van der Waals surface area contributed by atoms with E-state index in [4.69, 9.17) is 9.47 Å². The maximum atomic E-state index is 11.2. The predicted octanol–water partition coefficient (Wildman–Crippen LogP) is 1.66. The van der Waals surface area contributed by atoms with Crippen LogP contribution in [0.3, 0.4) is 0 Å². The highest BCUT2D eigenvalue weighted by molar-refractivity contribution is 5.71. The molecule has 5 nitrogen and oxygen atoms in total. The van der Waals surface area contributed by atoms with E-state index in [1.165, 1.54) is 5.56 Å². The van der Waals surface area contributed by atoms with Crippen LogP contribution in [0.15, 0.2) is 24.3 Å². The van der Waals surface area contributed by atoms with Gasteiger partial charge in [0.15, 0.2) is 0 Å². The molecule has 5 heteroatoms. The minimum atomic E-state index is -0.777. The molecule has 0 spiro atoms. The number of benzene rings is 1. The fraction of sp³-hybridized carbons (Fsp3) is 0.562. The molecule has 3 unspecified atom stereocenters. The smallest absolute Gasteiger partial charge is 0.310 e. The van der Waals surface area contributed by atoms with E-state index in [2.05, 4.69) is 11.8 Å². The van der Waals surface area contributed by atoms with Gasteiger partial charge in [0, 0.05) is 12.1 Å². The Kier molecular flexibility index (Phi) is 5.20. The normalized spacial score (nSPS) is 23.2. The van der Waals surface area contributed by atoms with E-state index in [1.807, 2.05) is 31.3 Å². The molecule has 1 saturated heterocycles. The van der Waals surface area contributed by atoms with Gasteiger partial charge < -0.3 is 14.6 Å². The number of aliphatic carboxylic acids is 1. The first kappa shape index (κ1) is 15.8. The average Bonchev–Trinajstić information content (AvgIpc) is 2.96. The molecule has 1 fully saturated rings. The number of carboxylic acids is 1. The highest BCUT2D eigenvalue weighted by Gasteiger charge is 2.37. The molecule has 1 aliphatic rings. The van der Waals surface area contributed by atoms with E-state index < -0.39 is 11.9 Å². The number of hydrogen-bond acceptors (Lipinski definition) is 4. The van der Waals surface area contributed by atoms with Crippen molar-refractivity contribution in [1.82, 2.24) is 4.90 Å². The van der Waals surface area contributed by atoms with Crippen molar-refractivity contribution in [3.8, 4) is 5.75 Å². The molecule has 1 aromatic rings. The molecule has 1 heterocycles. The summed E-state index contributed by atoms with van der Waals surface area (Å²) in [4.78, 5) is 13.4. The van der Waals surface area contributed by atoms with E-state index in [-0.39, 0.29) is 12.1 Å². The lowest BCUT2D eigenvalue weighted by Gasteiger charge is -2.32. The highest BCUT2D eigenvalue weighted by atomic mass is 16.5. The van der Waals surface area contributed by atoms with Gasteiger partial charge in [-0.1, -0.05) is 12.1 Å². The van der Waals surface area contributed by atoms with Crippen LogP contribution in [-0.4, -0.2) is 55.4 Å². The first-order valence-electron chi connectivity index (χ1n) is 7.18. The number of carboxylic acid groups (broad SMARTS) is 1. The minimum absolute atomic E-state index is 0.0595. The lowest BCUT2D eigenvalue weighted by Crippen LogP contribution is -2.45. The molecule has 0 saturated carbocycles. The summed E-state index contributed by atoms with van der Waals surface area (Å²) in [6.07, 6.45) is 0.864. The molecule has 1 aromatic carbocycles. The van der Waals surface area contributed by atoms with Crippen LogP contribution in [0.1, 0.15) is 12.5 Å². The van der Waals surface area contributed by atoms with Crippen LogP contribution in [0, 0.1) is 5.92 Å². The van der Waals surface area contributed by atoms with Gasteiger partial charge in [-0.25, -0.2) is 0 Å². The maximum Gasteiger partial charge on any atom is 0.310 e. The maximum absolute atomic E-state index is 11.2. The van der Waals surface area contributed by atoms with Gasteiger partial charge in [0.2, 0.25) is 0 Å². The molecule has 0 amide bonds. The third-order valence-electron chi connectivity index (χ3n) is 4.28. The quantitative estimate of drug-likeness (QED) is 0.864. The van der Waals surface area contributed by atoms with Gasteiger partial charge in [-0.2, -0.15) is 0 Å². The van der Waals surface area contributed by atoms with E-state index in [0.29, 0.717) is 13.2 Å². The third kappa shape index (κ3) is 3.74. The van der Waals surface area contributed by atoms with Gasteiger partial charge in [0.05, 0.1) is 26.2 Å². The number of nitrogens with zero attached hydrogens (tertiary/aromatic N) is 1. The van der Waals surface area contributed by atoms with E-state index in [9.17, 15) is 9.90 Å². The molecular formula is C16H23NO4. The van der Waals surface area contributed by atoms with Crippen molar-refractivity contribution in [1.29, 1.82) is 0 Å². The van der Waals surface area contributed by atoms with Gasteiger partial charge in [0.1, 0.15) is 5.75 Å². The predicted molar refractivity (Wildman–Crippen MR) is 79.7 cm³/mol. The topological polar surface area (TPSA) is 59.0 Å². The zero-order valence-electron chi connectivity index (χ0n) is 12.8. The first-order chi connectivity index (χ1) is 10.0. The van der Waals surface area contributed by atoms with Crippen molar-refractivity contribution in [2.45, 2.75) is 25.4 Å². The van der Waals surface area contributed by atoms with Crippen molar-refractivity contribution < 1.29 is 19.4 Å². The lowest BCUT2D eigenvalue weighted by atomic mass is 9.99. The van der Waals surface area contributed by atoms with Gasteiger partial charge in [0.25, 0.3) is 0 Å². The van der Waals surface area contributed by atoms with Crippen molar-refractivity contribution in [2.75, 3.05) is 27.4 Å². The van der Waals surface area contributed by atoms with E-state index in [1.54, 1.807) is 7.11 Å². The molecule has 1 N–H and O–H groups in total. The molecule has 3 atom stereocenters. The number of rotatable bonds is 6. The molecule has 0 radical (unpaired) electrons. The molecule has 116 valence electrons. The Morgan fingerprint density at radius 3 is 2.67 bits per heavy atom. The first-order valence-corrected chi connectivity index (χ1v) is 7.18. The van der Waals surface area contributed by atoms with Gasteiger partial charge >= 0.3 is 5.97 Å². The second-order valence-electron chi connectivity index (χ2n) is 5.62. The summed E-state index contributed by atoms with van der Waals surface area (Å²) in [5.74, 6) is -0.371.